The fourth-order valence-corrected chi connectivity index (χ4v) is 3.93. The van der Waals surface area contributed by atoms with Gasteiger partial charge in [-0.1, -0.05) is 59.9 Å². The van der Waals surface area contributed by atoms with Crippen molar-refractivity contribution in [2.75, 3.05) is 0 Å². The van der Waals surface area contributed by atoms with Crippen molar-refractivity contribution in [1.29, 1.82) is 0 Å². The number of hydrogen-bond donors (Lipinski definition) is 0. The van der Waals surface area contributed by atoms with Gasteiger partial charge in [0.25, 0.3) is 0 Å². The van der Waals surface area contributed by atoms with Gasteiger partial charge in [0, 0.05) is 0 Å². The second-order valence-electron chi connectivity index (χ2n) is 3.51. The molecular formula is C13H10Si. The highest BCUT2D eigenvalue weighted by molar-refractivity contribution is 6.62. The van der Waals surface area contributed by atoms with Crippen molar-refractivity contribution in [3.8, 4) is 0 Å². The molecule has 0 aliphatic carbocycles. The van der Waals surface area contributed by atoms with Crippen LogP contribution in [0.1, 0.15) is 0 Å². The first-order chi connectivity index (χ1) is 6.95. The Labute approximate surface area is 84.3 Å². The first-order valence-corrected chi connectivity index (χ1v) is 6.47. The molecule has 1 aromatic carbocycles. The summed E-state index contributed by atoms with van der Waals surface area (Å²) in [6.45, 7) is 0. The van der Waals surface area contributed by atoms with Crippen LogP contribution < -0.4 is 0 Å². The molecule has 2 aromatic heterocycles. The summed E-state index contributed by atoms with van der Waals surface area (Å²) in [7, 11) is -0.533. The van der Waals surface area contributed by atoms with Crippen molar-refractivity contribution >= 4 is 24.0 Å². The largest absolute Gasteiger partial charge is 0.0736 e. The van der Waals surface area contributed by atoms with Crippen LogP contribution >= 0.6 is 0 Å². The standard InChI is InChI=1S/C13H10Si/c1-2-6-12-11(5-1)8-10-14-9-4-3-7-13(12)14/h1-10H. The molecule has 3 rings (SSSR count). The van der Waals surface area contributed by atoms with Crippen LogP contribution in [0, 0.1) is 0 Å². The Morgan fingerprint density at radius 2 is 1.57 bits per heavy atom. The van der Waals surface area contributed by atoms with Gasteiger partial charge in [0.15, 0.2) is 0 Å². The van der Waals surface area contributed by atoms with Crippen LogP contribution in [0.15, 0.2) is 59.9 Å². The SMILES string of the molecule is c1ccc2c(c1)cc[si]1ccccc21. The summed E-state index contributed by atoms with van der Waals surface area (Å²) in [4.78, 5) is 1.52. The van der Waals surface area contributed by atoms with E-state index in [2.05, 4.69) is 59.9 Å². The zero-order chi connectivity index (χ0) is 9.38. The summed E-state index contributed by atoms with van der Waals surface area (Å²) in [6, 6.07) is 17.5. The topological polar surface area (TPSA) is 0 Å². The third-order valence-electron chi connectivity index (χ3n) is 2.65. The van der Waals surface area contributed by atoms with Crippen LogP contribution in [-0.4, -0.2) is 8.20 Å². The van der Waals surface area contributed by atoms with Gasteiger partial charge in [-0.2, -0.15) is 0 Å². The minimum absolute atomic E-state index is 0.533. The smallest absolute Gasteiger partial charge is 0.0732 e. The fourth-order valence-electron chi connectivity index (χ4n) is 1.95. The number of rotatable bonds is 0. The average molecular weight is 194 g/mol. The molecule has 0 atom stereocenters. The molecule has 0 fully saturated rings. The Bertz CT molecular complexity index is 544. The summed E-state index contributed by atoms with van der Waals surface area (Å²) in [5.41, 5.74) is 4.70. The molecule has 3 aromatic rings. The third-order valence-corrected chi connectivity index (χ3v) is 4.79. The van der Waals surface area contributed by atoms with E-state index in [0.29, 0.717) is 0 Å². The fraction of sp³-hybridized carbons (Fsp3) is 0. The predicted octanol–water partition coefficient (Wildman–Crippen LogP) is 3.32. The first kappa shape index (κ1) is 7.89. The maximum atomic E-state index is 2.36. The van der Waals surface area contributed by atoms with Gasteiger partial charge in [0.1, 0.15) is 0 Å². The summed E-state index contributed by atoms with van der Waals surface area (Å²) < 4.78 is 0. The molecule has 0 spiro atoms. The van der Waals surface area contributed by atoms with Crippen molar-refractivity contribution in [2.45, 2.75) is 0 Å². The van der Waals surface area contributed by atoms with E-state index in [1.54, 1.807) is 0 Å². The van der Waals surface area contributed by atoms with Gasteiger partial charge in [-0.05, 0) is 15.8 Å². The van der Waals surface area contributed by atoms with E-state index in [1.165, 1.54) is 15.8 Å². The lowest BCUT2D eigenvalue weighted by molar-refractivity contribution is 1.81. The highest BCUT2D eigenvalue weighted by Gasteiger charge is 1.97. The summed E-state index contributed by atoms with van der Waals surface area (Å²) in [5.74, 6) is 0. The summed E-state index contributed by atoms with van der Waals surface area (Å²) >= 11 is 0. The van der Waals surface area contributed by atoms with E-state index >= 15 is 0 Å². The average Bonchev–Trinajstić information content (AvgIpc) is 2.29. The second-order valence-corrected chi connectivity index (χ2v) is 5.62. The molecule has 14 heavy (non-hydrogen) atoms. The Morgan fingerprint density at radius 1 is 0.714 bits per heavy atom. The first-order valence-electron chi connectivity index (χ1n) is 4.82. The molecule has 0 unspecified atom stereocenters. The predicted molar refractivity (Wildman–Crippen MR) is 62.9 cm³/mol. The van der Waals surface area contributed by atoms with E-state index in [4.69, 9.17) is 0 Å². The van der Waals surface area contributed by atoms with Crippen LogP contribution in [0.4, 0.5) is 0 Å². The van der Waals surface area contributed by atoms with Gasteiger partial charge in [-0.3, -0.25) is 0 Å². The van der Waals surface area contributed by atoms with Crippen LogP contribution in [0.25, 0.3) is 15.8 Å². The Morgan fingerprint density at radius 3 is 2.57 bits per heavy atom. The molecule has 0 amide bonds. The maximum Gasteiger partial charge on any atom is 0.0732 e. The van der Waals surface area contributed by atoms with Gasteiger partial charge in [0.2, 0.25) is 0 Å². The van der Waals surface area contributed by atoms with Crippen molar-refractivity contribution in [1.82, 2.24) is 0 Å². The lowest BCUT2D eigenvalue weighted by Gasteiger charge is -2.01. The van der Waals surface area contributed by atoms with Gasteiger partial charge >= 0.3 is 0 Å². The molecule has 0 nitrogen and oxygen atoms in total. The van der Waals surface area contributed by atoms with Gasteiger partial charge in [-0.15, -0.1) is 0 Å². The van der Waals surface area contributed by atoms with Crippen LogP contribution in [0.3, 0.4) is 0 Å². The van der Waals surface area contributed by atoms with Crippen molar-refractivity contribution in [3.63, 3.8) is 0 Å². The number of hydrogen-bond acceptors (Lipinski definition) is 0. The Balaban J connectivity index is 2.61. The number of benzene rings is 1. The molecule has 0 N–H and O–H groups in total. The lowest BCUT2D eigenvalue weighted by Crippen LogP contribution is -1.88. The molecule has 0 aliphatic heterocycles. The summed E-state index contributed by atoms with van der Waals surface area (Å²) in [6.07, 6.45) is 0. The molecule has 0 aliphatic rings. The van der Waals surface area contributed by atoms with Crippen molar-refractivity contribution < 1.29 is 0 Å². The molecular weight excluding hydrogens is 184 g/mol. The van der Waals surface area contributed by atoms with E-state index in [9.17, 15) is 0 Å². The van der Waals surface area contributed by atoms with E-state index in [1.807, 2.05) is 0 Å². The minimum atomic E-state index is -0.533. The van der Waals surface area contributed by atoms with Crippen LogP contribution in [0.5, 0.6) is 0 Å². The highest BCUT2D eigenvalue weighted by atomic mass is 28.2. The van der Waals surface area contributed by atoms with Crippen LogP contribution in [0.2, 0.25) is 0 Å². The maximum absolute atomic E-state index is 2.36. The van der Waals surface area contributed by atoms with Gasteiger partial charge in [0.05, 0.1) is 8.20 Å². The highest BCUT2D eigenvalue weighted by Crippen LogP contribution is 2.18. The molecule has 0 radical (unpaired) electrons. The van der Waals surface area contributed by atoms with Gasteiger partial charge < -0.3 is 0 Å². The third kappa shape index (κ3) is 1.10. The monoisotopic (exact) mass is 194 g/mol. The summed E-state index contributed by atoms with van der Waals surface area (Å²) in [5, 5.41) is 2.78. The van der Waals surface area contributed by atoms with Crippen molar-refractivity contribution in [2.24, 2.45) is 0 Å². The van der Waals surface area contributed by atoms with E-state index in [0.717, 1.165) is 0 Å². The molecule has 1 heteroatoms. The molecule has 0 saturated heterocycles. The zero-order valence-corrected chi connectivity index (χ0v) is 8.77. The van der Waals surface area contributed by atoms with E-state index < -0.39 is 8.20 Å². The minimum Gasteiger partial charge on any atom is -0.0736 e. The van der Waals surface area contributed by atoms with Crippen molar-refractivity contribution in [3.05, 3.63) is 59.9 Å². The molecule has 0 saturated carbocycles. The second kappa shape index (κ2) is 3.03. The van der Waals surface area contributed by atoms with Gasteiger partial charge in [-0.25, -0.2) is 0 Å². The van der Waals surface area contributed by atoms with Crippen LogP contribution in [-0.2, 0) is 0 Å². The normalized spacial score (nSPS) is 10.9. The van der Waals surface area contributed by atoms with E-state index in [-0.39, 0.29) is 0 Å². The lowest BCUT2D eigenvalue weighted by atomic mass is 10.2. The molecule has 0 bridgehead atoms. The molecule has 66 valence electrons. The zero-order valence-electron chi connectivity index (χ0n) is 7.77. The molecule has 2 heterocycles. The number of fused-ring (bicyclic) bond motifs is 3. The Kier molecular flexibility index (Phi) is 1.71. The quantitative estimate of drug-likeness (QED) is 0.380. The Hall–Kier alpha value is -1.47.